The Morgan fingerprint density at radius 2 is 1.87 bits per heavy atom. The SMILES string of the molecule is O=C(O)Cc1cc(NC2CCCc3ncccc32)cc(-c2ccc(C(F)(F)F)cc2)c1. The Balaban J connectivity index is 1.68. The molecule has 1 unspecified atom stereocenters. The second-order valence-corrected chi connectivity index (χ2v) is 7.69. The normalized spacial score (nSPS) is 15.9. The monoisotopic (exact) mass is 426 g/mol. The summed E-state index contributed by atoms with van der Waals surface area (Å²) in [7, 11) is 0. The molecule has 1 aliphatic rings. The number of aryl methyl sites for hydroxylation is 1. The van der Waals surface area contributed by atoms with Crippen molar-refractivity contribution in [2.24, 2.45) is 0 Å². The van der Waals surface area contributed by atoms with Crippen LogP contribution in [-0.4, -0.2) is 16.1 Å². The van der Waals surface area contributed by atoms with Crippen molar-refractivity contribution >= 4 is 11.7 Å². The number of carboxylic acid groups (broad SMARTS) is 1. The number of aromatic nitrogens is 1. The van der Waals surface area contributed by atoms with Crippen LogP contribution >= 0.6 is 0 Å². The molecule has 1 aliphatic carbocycles. The van der Waals surface area contributed by atoms with Crippen molar-refractivity contribution in [1.29, 1.82) is 0 Å². The molecule has 0 spiro atoms. The van der Waals surface area contributed by atoms with E-state index in [4.69, 9.17) is 0 Å². The van der Waals surface area contributed by atoms with E-state index in [1.165, 1.54) is 12.1 Å². The number of fused-ring (bicyclic) bond motifs is 1. The van der Waals surface area contributed by atoms with Crippen LogP contribution in [0.3, 0.4) is 0 Å². The van der Waals surface area contributed by atoms with Crippen LogP contribution in [-0.2, 0) is 23.8 Å². The van der Waals surface area contributed by atoms with Crippen molar-refractivity contribution < 1.29 is 23.1 Å². The van der Waals surface area contributed by atoms with E-state index in [1.54, 1.807) is 18.3 Å². The van der Waals surface area contributed by atoms with Gasteiger partial charge in [-0.3, -0.25) is 9.78 Å². The number of pyridine rings is 1. The fourth-order valence-electron chi connectivity index (χ4n) is 4.03. The molecule has 1 aromatic heterocycles. The minimum atomic E-state index is -4.40. The van der Waals surface area contributed by atoms with Crippen molar-refractivity contribution in [3.63, 3.8) is 0 Å². The summed E-state index contributed by atoms with van der Waals surface area (Å²) < 4.78 is 38.7. The highest BCUT2D eigenvalue weighted by molar-refractivity contribution is 5.75. The molecule has 2 aromatic carbocycles. The zero-order valence-corrected chi connectivity index (χ0v) is 16.6. The predicted molar refractivity (Wildman–Crippen MR) is 112 cm³/mol. The van der Waals surface area contributed by atoms with Crippen LogP contribution in [0.15, 0.2) is 60.8 Å². The molecule has 7 heteroatoms. The van der Waals surface area contributed by atoms with Crippen molar-refractivity contribution in [3.8, 4) is 11.1 Å². The van der Waals surface area contributed by atoms with E-state index in [0.717, 1.165) is 48.3 Å². The van der Waals surface area contributed by atoms with Crippen LogP contribution in [0.25, 0.3) is 11.1 Å². The molecule has 1 atom stereocenters. The molecular weight excluding hydrogens is 405 g/mol. The lowest BCUT2D eigenvalue weighted by Crippen LogP contribution is -2.18. The zero-order valence-electron chi connectivity index (χ0n) is 16.6. The van der Waals surface area contributed by atoms with Gasteiger partial charge in [0.25, 0.3) is 0 Å². The summed E-state index contributed by atoms with van der Waals surface area (Å²) in [6.45, 7) is 0. The Bertz CT molecular complexity index is 1090. The predicted octanol–water partition coefficient (Wildman–Crippen LogP) is 5.88. The van der Waals surface area contributed by atoms with Gasteiger partial charge in [0.2, 0.25) is 0 Å². The molecule has 4 nitrogen and oxygen atoms in total. The van der Waals surface area contributed by atoms with Gasteiger partial charge in [0.15, 0.2) is 0 Å². The van der Waals surface area contributed by atoms with Gasteiger partial charge in [0.1, 0.15) is 0 Å². The third-order valence-corrected chi connectivity index (χ3v) is 5.44. The third-order valence-electron chi connectivity index (χ3n) is 5.44. The first-order valence-corrected chi connectivity index (χ1v) is 10.0. The molecule has 0 bridgehead atoms. The molecule has 0 amide bonds. The molecule has 31 heavy (non-hydrogen) atoms. The van der Waals surface area contributed by atoms with Gasteiger partial charge in [0, 0.05) is 17.6 Å². The summed E-state index contributed by atoms with van der Waals surface area (Å²) in [4.78, 5) is 15.7. The van der Waals surface area contributed by atoms with Gasteiger partial charge in [-0.2, -0.15) is 13.2 Å². The molecular formula is C24H21F3N2O2. The van der Waals surface area contributed by atoms with Gasteiger partial charge in [-0.25, -0.2) is 0 Å². The third kappa shape index (κ3) is 4.87. The Morgan fingerprint density at radius 1 is 1.10 bits per heavy atom. The Hall–Kier alpha value is -3.35. The highest BCUT2D eigenvalue weighted by atomic mass is 19.4. The first-order valence-electron chi connectivity index (χ1n) is 10.0. The van der Waals surface area contributed by atoms with E-state index in [9.17, 15) is 23.1 Å². The number of halogens is 3. The smallest absolute Gasteiger partial charge is 0.416 e. The second-order valence-electron chi connectivity index (χ2n) is 7.69. The van der Waals surface area contributed by atoms with Gasteiger partial charge >= 0.3 is 12.1 Å². The number of nitrogens with one attached hydrogen (secondary N) is 1. The number of aliphatic carboxylic acids is 1. The molecule has 2 N–H and O–H groups in total. The van der Waals surface area contributed by atoms with Crippen molar-refractivity contribution in [2.45, 2.75) is 37.9 Å². The quantitative estimate of drug-likeness (QED) is 0.535. The highest BCUT2D eigenvalue weighted by Crippen LogP contribution is 2.35. The Morgan fingerprint density at radius 3 is 2.58 bits per heavy atom. The summed E-state index contributed by atoms with van der Waals surface area (Å²) in [6, 6.07) is 14.2. The van der Waals surface area contributed by atoms with Gasteiger partial charge in [-0.05, 0) is 71.8 Å². The number of anilines is 1. The minimum Gasteiger partial charge on any atom is -0.481 e. The molecule has 0 aliphatic heterocycles. The summed E-state index contributed by atoms with van der Waals surface area (Å²) in [5.74, 6) is -0.970. The van der Waals surface area contributed by atoms with Crippen molar-refractivity contribution in [1.82, 2.24) is 4.98 Å². The summed E-state index contributed by atoms with van der Waals surface area (Å²) in [6.07, 6.45) is 0.0200. The van der Waals surface area contributed by atoms with Crippen LogP contribution in [0.2, 0.25) is 0 Å². The van der Waals surface area contributed by atoms with Crippen LogP contribution in [0.1, 0.15) is 41.3 Å². The van der Waals surface area contributed by atoms with E-state index >= 15 is 0 Å². The summed E-state index contributed by atoms with van der Waals surface area (Å²) in [5, 5.41) is 12.7. The maximum Gasteiger partial charge on any atom is 0.416 e. The number of rotatable bonds is 5. The average molecular weight is 426 g/mol. The average Bonchev–Trinajstić information content (AvgIpc) is 2.73. The van der Waals surface area contributed by atoms with E-state index in [1.807, 2.05) is 18.2 Å². The van der Waals surface area contributed by atoms with E-state index in [-0.39, 0.29) is 12.5 Å². The van der Waals surface area contributed by atoms with Gasteiger partial charge in [-0.1, -0.05) is 24.3 Å². The van der Waals surface area contributed by atoms with E-state index in [0.29, 0.717) is 16.7 Å². The number of hydrogen-bond acceptors (Lipinski definition) is 3. The topological polar surface area (TPSA) is 62.2 Å². The number of benzene rings is 2. The van der Waals surface area contributed by atoms with Crippen LogP contribution in [0.5, 0.6) is 0 Å². The first-order chi connectivity index (χ1) is 14.8. The lowest BCUT2D eigenvalue weighted by molar-refractivity contribution is -0.138. The zero-order chi connectivity index (χ0) is 22.0. The maximum atomic E-state index is 12.9. The molecule has 0 fully saturated rings. The largest absolute Gasteiger partial charge is 0.481 e. The molecule has 0 radical (unpaired) electrons. The van der Waals surface area contributed by atoms with Gasteiger partial charge in [-0.15, -0.1) is 0 Å². The lowest BCUT2D eigenvalue weighted by atomic mass is 9.91. The number of nitrogens with zero attached hydrogens (tertiary/aromatic N) is 1. The molecule has 0 saturated heterocycles. The second kappa shape index (κ2) is 8.41. The van der Waals surface area contributed by atoms with Gasteiger partial charge in [0.05, 0.1) is 18.0 Å². The number of hydrogen-bond donors (Lipinski definition) is 2. The molecule has 1 heterocycles. The molecule has 0 saturated carbocycles. The van der Waals surface area contributed by atoms with Crippen LogP contribution < -0.4 is 5.32 Å². The van der Waals surface area contributed by atoms with Crippen LogP contribution in [0.4, 0.5) is 18.9 Å². The number of carboxylic acids is 1. The van der Waals surface area contributed by atoms with E-state index < -0.39 is 17.7 Å². The standard InChI is InChI=1S/C24H21F3N2O2/c25-24(26,27)18-8-6-16(7-9-18)17-11-15(13-23(30)31)12-19(14-17)29-22-5-1-4-21-20(22)3-2-10-28-21/h2-3,6-12,14,22,29H,1,4-5,13H2,(H,30,31). The summed E-state index contributed by atoms with van der Waals surface area (Å²) in [5.41, 5.74) is 4.02. The number of carbonyl (C=O) groups is 1. The Kier molecular flexibility index (Phi) is 5.67. The maximum absolute atomic E-state index is 12.9. The molecule has 160 valence electrons. The first kappa shape index (κ1) is 20.9. The van der Waals surface area contributed by atoms with Crippen molar-refractivity contribution in [2.75, 3.05) is 5.32 Å². The minimum absolute atomic E-state index is 0.0398. The highest BCUT2D eigenvalue weighted by Gasteiger charge is 2.30. The lowest BCUT2D eigenvalue weighted by Gasteiger charge is -2.27. The molecule has 3 aromatic rings. The van der Waals surface area contributed by atoms with Gasteiger partial charge < -0.3 is 10.4 Å². The Labute approximate surface area is 177 Å². The fraction of sp³-hybridized carbons (Fsp3) is 0.250. The molecule has 4 rings (SSSR count). The van der Waals surface area contributed by atoms with Crippen molar-refractivity contribution in [3.05, 3.63) is 83.2 Å². The van der Waals surface area contributed by atoms with Crippen LogP contribution in [0, 0.1) is 0 Å². The summed E-state index contributed by atoms with van der Waals surface area (Å²) >= 11 is 0. The van der Waals surface area contributed by atoms with E-state index in [2.05, 4.69) is 10.3 Å². The fourth-order valence-corrected chi connectivity index (χ4v) is 4.03. The number of alkyl halides is 3.